The highest BCUT2D eigenvalue weighted by Crippen LogP contribution is 2.34. The molecule has 2 atom stereocenters. The van der Waals surface area contributed by atoms with E-state index in [-0.39, 0.29) is 17.1 Å². The van der Waals surface area contributed by atoms with Crippen LogP contribution in [-0.2, 0) is 14.8 Å². The highest BCUT2D eigenvalue weighted by Gasteiger charge is 2.33. The first kappa shape index (κ1) is 23.5. The van der Waals surface area contributed by atoms with Crippen LogP contribution in [0.25, 0.3) is 0 Å². The van der Waals surface area contributed by atoms with E-state index in [0.717, 1.165) is 16.1 Å². The third-order valence-electron chi connectivity index (χ3n) is 4.90. The molecule has 1 heterocycles. The standard InChI is InChI=1S/C21H24Cl2N2O5S/c1-4-17(25(31(3,27)28)18-12-15(22)6-7-16(18)23)21(26)24-13(2)14-5-8-19-20(11-14)30-10-9-29-19/h5-8,11-13,17H,4,9-10H2,1-3H3,(H,24,26)/t13-,17+/m1/s1. The van der Waals surface area contributed by atoms with E-state index in [2.05, 4.69) is 5.32 Å². The fourth-order valence-electron chi connectivity index (χ4n) is 3.41. The molecule has 7 nitrogen and oxygen atoms in total. The van der Waals surface area contributed by atoms with Gasteiger partial charge in [-0.15, -0.1) is 0 Å². The van der Waals surface area contributed by atoms with Gasteiger partial charge in [0.25, 0.3) is 0 Å². The maximum Gasteiger partial charge on any atom is 0.244 e. The van der Waals surface area contributed by atoms with Crippen molar-refractivity contribution in [1.82, 2.24) is 5.32 Å². The number of fused-ring (bicyclic) bond motifs is 1. The Hall–Kier alpha value is -2.16. The summed E-state index contributed by atoms with van der Waals surface area (Å²) >= 11 is 12.3. The summed E-state index contributed by atoms with van der Waals surface area (Å²) < 4.78 is 37.4. The van der Waals surface area contributed by atoms with Gasteiger partial charge in [-0.1, -0.05) is 36.2 Å². The summed E-state index contributed by atoms with van der Waals surface area (Å²) in [5.41, 5.74) is 0.963. The van der Waals surface area contributed by atoms with E-state index in [1.165, 1.54) is 12.1 Å². The smallest absolute Gasteiger partial charge is 0.244 e. The maximum atomic E-state index is 13.2. The van der Waals surface area contributed by atoms with Crippen molar-refractivity contribution in [3.63, 3.8) is 0 Å². The Morgan fingerprint density at radius 2 is 1.81 bits per heavy atom. The van der Waals surface area contributed by atoms with Crippen molar-refractivity contribution in [3.05, 3.63) is 52.0 Å². The fourth-order valence-corrected chi connectivity index (χ4v) is 5.05. The van der Waals surface area contributed by atoms with Gasteiger partial charge in [0.1, 0.15) is 19.3 Å². The molecule has 0 saturated carbocycles. The average molecular weight is 487 g/mol. The molecule has 0 unspecified atom stereocenters. The van der Waals surface area contributed by atoms with Crippen LogP contribution in [0, 0.1) is 0 Å². The van der Waals surface area contributed by atoms with Crippen molar-refractivity contribution >= 4 is 44.8 Å². The van der Waals surface area contributed by atoms with Gasteiger partial charge in [0, 0.05) is 5.02 Å². The molecule has 3 rings (SSSR count). The summed E-state index contributed by atoms with van der Waals surface area (Å²) in [5, 5.41) is 3.39. The molecule has 31 heavy (non-hydrogen) atoms. The molecule has 0 saturated heterocycles. The summed E-state index contributed by atoms with van der Waals surface area (Å²) in [7, 11) is -3.83. The molecule has 1 N–H and O–H groups in total. The largest absolute Gasteiger partial charge is 0.486 e. The zero-order chi connectivity index (χ0) is 22.8. The number of halogens is 2. The lowest BCUT2D eigenvalue weighted by atomic mass is 10.1. The third-order valence-corrected chi connectivity index (χ3v) is 6.62. The Kier molecular flexibility index (Phi) is 7.24. The Morgan fingerprint density at radius 3 is 2.45 bits per heavy atom. The van der Waals surface area contributed by atoms with Crippen molar-refractivity contribution in [2.75, 3.05) is 23.8 Å². The highest BCUT2D eigenvalue weighted by atomic mass is 35.5. The molecule has 0 fully saturated rings. The number of hydrogen-bond acceptors (Lipinski definition) is 5. The van der Waals surface area contributed by atoms with Gasteiger partial charge in [0.05, 0.1) is 23.0 Å². The number of nitrogens with one attached hydrogen (secondary N) is 1. The topological polar surface area (TPSA) is 84.9 Å². The van der Waals surface area contributed by atoms with Crippen LogP contribution >= 0.6 is 23.2 Å². The summed E-state index contributed by atoms with van der Waals surface area (Å²) in [6.07, 6.45) is 1.26. The highest BCUT2D eigenvalue weighted by molar-refractivity contribution is 7.92. The van der Waals surface area contributed by atoms with E-state index in [1.54, 1.807) is 19.1 Å². The molecular formula is C21H24Cl2N2O5S. The summed E-state index contributed by atoms with van der Waals surface area (Å²) in [4.78, 5) is 13.2. The third kappa shape index (κ3) is 5.37. The molecular weight excluding hydrogens is 463 g/mol. The van der Waals surface area contributed by atoms with Gasteiger partial charge in [0.15, 0.2) is 11.5 Å². The molecule has 1 aliphatic heterocycles. The van der Waals surface area contributed by atoms with Crippen LogP contribution in [0.2, 0.25) is 10.0 Å². The lowest BCUT2D eigenvalue weighted by Gasteiger charge is -2.31. The average Bonchev–Trinajstić information content (AvgIpc) is 2.72. The summed E-state index contributed by atoms with van der Waals surface area (Å²) in [5.74, 6) is 0.811. The molecule has 10 heteroatoms. The van der Waals surface area contributed by atoms with Crippen LogP contribution in [0.3, 0.4) is 0 Å². The van der Waals surface area contributed by atoms with Crippen LogP contribution in [0.5, 0.6) is 11.5 Å². The first-order chi connectivity index (χ1) is 14.6. The molecule has 1 amide bonds. The Bertz CT molecular complexity index is 1080. The van der Waals surface area contributed by atoms with Crippen molar-refractivity contribution in [1.29, 1.82) is 0 Å². The van der Waals surface area contributed by atoms with E-state index in [9.17, 15) is 13.2 Å². The van der Waals surface area contributed by atoms with Crippen molar-refractivity contribution < 1.29 is 22.7 Å². The second-order valence-electron chi connectivity index (χ2n) is 7.21. The number of hydrogen-bond donors (Lipinski definition) is 1. The second-order valence-corrected chi connectivity index (χ2v) is 9.92. The normalized spacial score (nSPS) is 15.1. The molecule has 168 valence electrons. The van der Waals surface area contributed by atoms with Crippen LogP contribution in [0.1, 0.15) is 31.9 Å². The maximum absolute atomic E-state index is 13.2. The van der Waals surface area contributed by atoms with Crippen LogP contribution < -0.4 is 19.1 Å². The number of anilines is 1. The van der Waals surface area contributed by atoms with E-state index in [1.807, 2.05) is 19.1 Å². The van der Waals surface area contributed by atoms with Crippen LogP contribution in [-0.4, -0.2) is 39.8 Å². The van der Waals surface area contributed by atoms with Gasteiger partial charge >= 0.3 is 0 Å². The van der Waals surface area contributed by atoms with Gasteiger partial charge < -0.3 is 14.8 Å². The Morgan fingerprint density at radius 1 is 1.13 bits per heavy atom. The Balaban J connectivity index is 1.87. The molecule has 0 radical (unpaired) electrons. The number of sulfonamides is 1. The predicted molar refractivity (Wildman–Crippen MR) is 122 cm³/mol. The first-order valence-electron chi connectivity index (χ1n) is 9.76. The number of carbonyl (C=O) groups is 1. The van der Waals surface area contributed by atoms with Crippen molar-refractivity contribution in [3.8, 4) is 11.5 Å². The van der Waals surface area contributed by atoms with Gasteiger partial charge in [-0.2, -0.15) is 0 Å². The van der Waals surface area contributed by atoms with Gasteiger partial charge in [-0.05, 0) is 49.2 Å². The number of nitrogens with zero attached hydrogens (tertiary/aromatic N) is 1. The number of benzene rings is 2. The molecule has 2 aromatic carbocycles. The zero-order valence-corrected chi connectivity index (χ0v) is 19.7. The van der Waals surface area contributed by atoms with Crippen molar-refractivity contribution in [2.24, 2.45) is 0 Å². The second kappa shape index (κ2) is 9.54. The zero-order valence-electron chi connectivity index (χ0n) is 17.4. The minimum Gasteiger partial charge on any atom is -0.486 e. The minimum atomic E-state index is -3.83. The predicted octanol–water partition coefficient (Wildman–Crippen LogP) is 4.19. The van der Waals surface area contributed by atoms with E-state index in [0.29, 0.717) is 29.7 Å². The SMILES string of the molecule is CC[C@@H](C(=O)N[C@H](C)c1ccc2c(c1)OCCO2)N(c1cc(Cl)ccc1Cl)S(C)(=O)=O. The van der Waals surface area contributed by atoms with E-state index in [4.69, 9.17) is 32.7 Å². The number of rotatable bonds is 7. The number of ether oxygens (including phenoxy) is 2. The van der Waals surface area contributed by atoms with Gasteiger partial charge in [0.2, 0.25) is 15.9 Å². The van der Waals surface area contributed by atoms with Crippen molar-refractivity contribution in [2.45, 2.75) is 32.4 Å². The quantitative estimate of drug-likeness (QED) is 0.633. The lowest BCUT2D eigenvalue weighted by molar-refractivity contribution is -0.122. The molecule has 0 aliphatic carbocycles. The number of amides is 1. The Labute approximate surface area is 192 Å². The first-order valence-corrected chi connectivity index (χ1v) is 12.4. The summed E-state index contributed by atoms with van der Waals surface area (Å²) in [6.45, 7) is 4.49. The summed E-state index contributed by atoms with van der Waals surface area (Å²) in [6, 6.07) is 8.52. The molecule has 0 bridgehead atoms. The molecule has 0 spiro atoms. The molecule has 2 aromatic rings. The van der Waals surface area contributed by atoms with Crippen LogP contribution in [0.4, 0.5) is 5.69 Å². The van der Waals surface area contributed by atoms with Crippen LogP contribution in [0.15, 0.2) is 36.4 Å². The van der Waals surface area contributed by atoms with Gasteiger partial charge in [-0.3, -0.25) is 9.10 Å². The molecule has 1 aliphatic rings. The van der Waals surface area contributed by atoms with Gasteiger partial charge in [-0.25, -0.2) is 8.42 Å². The number of carbonyl (C=O) groups excluding carboxylic acids is 1. The minimum absolute atomic E-state index is 0.158. The molecule has 0 aromatic heterocycles. The van der Waals surface area contributed by atoms with E-state index >= 15 is 0 Å². The van der Waals surface area contributed by atoms with E-state index < -0.39 is 28.0 Å². The monoisotopic (exact) mass is 486 g/mol. The lowest BCUT2D eigenvalue weighted by Crippen LogP contribution is -2.49. The fraction of sp³-hybridized carbons (Fsp3) is 0.381.